The van der Waals surface area contributed by atoms with Crippen molar-refractivity contribution in [3.63, 3.8) is 0 Å². The van der Waals surface area contributed by atoms with Crippen molar-refractivity contribution in [2.75, 3.05) is 13.2 Å². The van der Waals surface area contributed by atoms with Crippen LogP contribution < -0.4 is 4.74 Å². The predicted octanol–water partition coefficient (Wildman–Crippen LogP) is 3.18. The van der Waals surface area contributed by atoms with Gasteiger partial charge in [0.25, 0.3) is 0 Å². The fourth-order valence-corrected chi connectivity index (χ4v) is 2.72. The Morgan fingerprint density at radius 1 is 1.47 bits per heavy atom. The van der Waals surface area contributed by atoms with Crippen molar-refractivity contribution in [1.82, 2.24) is 4.98 Å². The van der Waals surface area contributed by atoms with Crippen LogP contribution in [0.25, 0.3) is 10.2 Å². The molecule has 0 aliphatic heterocycles. The first-order chi connectivity index (χ1) is 8.26. The summed E-state index contributed by atoms with van der Waals surface area (Å²) >= 11 is 1.72. The molecule has 0 saturated heterocycles. The number of thiazole rings is 1. The number of aliphatic hydroxyl groups excluding tert-OH is 1. The third-order valence-electron chi connectivity index (χ3n) is 2.78. The molecule has 0 radical (unpaired) electrons. The molecule has 92 valence electrons. The van der Waals surface area contributed by atoms with E-state index in [9.17, 15) is 0 Å². The second-order valence-electron chi connectivity index (χ2n) is 4.04. The largest absolute Gasteiger partial charge is 0.489 e. The van der Waals surface area contributed by atoms with E-state index in [4.69, 9.17) is 9.84 Å². The van der Waals surface area contributed by atoms with Crippen LogP contribution in [0, 0.1) is 0 Å². The Morgan fingerprint density at radius 3 is 3.00 bits per heavy atom. The molecule has 2 rings (SSSR count). The van der Waals surface area contributed by atoms with Crippen LogP contribution in [0.2, 0.25) is 0 Å². The molecule has 0 fully saturated rings. The summed E-state index contributed by atoms with van der Waals surface area (Å²) in [5, 5.41) is 9.94. The van der Waals surface area contributed by atoms with E-state index in [0.717, 1.165) is 27.4 Å². The van der Waals surface area contributed by atoms with Gasteiger partial charge in [0.15, 0.2) is 0 Å². The van der Waals surface area contributed by atoms with Gasteiger partial charge in [-0.2, -0.15) is 0 Å². The van der Waals surface area contributed by atoms with E-state index in [1.165, 1.54) is 0 Å². The minimum atomic E-state index is 0.0265. The summed E-state index contributed by atoms with van der Waals surface area (Å²) in [6, 6.07) is 5.93. The van der Waals surface area contributed by atoms with Crippen molar-refractivity contribution in [2.24, 2.45) is 0 Å². The van der Waals surface area contributed by atoms with Gasteiger partial charge in [-0.3, -0.25) is 0 Å². The molecule has 1 aromatic carbocycles. The monoisotopic (exact) mass is 251 g/mol. The summed E-state index contributed by atoms with van der Waals surface area (Å²) in [6.07, 6.45) is 1.09. The molecule has 4 heteroatoms. The van der Waals surface area contributed by atoms with Crippen molar-refractivity contribution >= 4 is 21.6 Å². The van der Waals surface area contributed by atoms with Crippen LogP contribution in [-0.4, -0.2) is 23.3 Å². The highest BCUT2D eigenvalue weighted by Crippen LogP contribution is 2.33. The molecule has 1 N–H and O–H groups in total. The number of ether oxygens (including phenoxy) is 1. The first-order valence-corrected chi connectivity index (χ1v) is 6.71. The lowest BCUT2D eigenvalue weighted by Crippen LogP contribution is -2.01. The van der Waals surface area contributed by atoms with Gasteiger partial charge < -0.3 is 9.84 Å². The van der Waals surface area contributed by atoms with Gasteiger partial charge in [-0.15, -0.1) is 11.3 Å². The minimum Gasteiger partial charge on any atom is -0.489 e. The van der Waals surface area contributed by atoms with Crippen LogP contribution in [0.15, 0.2) is 18.2 Å². The number of benzene rings is 1. The van der Waals surface area contributed by atoms with E-state index in [1.54, 1.807) is 11.3 Å². The highest BCUT2D eigenvalue weighted by Gasteiger charge is 2.12. The number of nitrogens with zero attached hydrogens (tertiary/aromatic N) is 1. The number of fused-ring (bicyclic) bond motifs is 1. The van der Waals surface area contributed by atoms with Gasteiger partial charge >= 0.3 is 0 Å². The maximum Gasteiger partial charge on any atom is 0.146 e. The zero-order valence-electron chi connectivity index (χ0n) is 10.1. The van der Waals surface area contributed by atoms with Crippen LogP contribution in [0.1, 0.15) is 31.2 Å². The molecule has 0 aliphatic carbocycles. The predicted molar refractivity (Wildman–Crippen MR) is 70.9 cm³/mol. The van der Waals surface area contributed by atoms with E-state index < -0.39 is 0 Å². The minimum absolute atomic E-state index is 0.0265. The topological polar surface area (TPSA) is 42.4 Å². The Kier molecular flexibility index (Phi) is 3.97. The van der Waals surface area contributed by atoms with Crippen molar-refractivity contribution in [3.05, 3.63) is 23.2 Å². The molecule has 1 unspecified atom stereocenters. The standard InChI is InChI=1S/C13H17NO2S/c1-3-9(2)13-14-12-10(16-8-7-15)5-4-6-11(12)17-13/h4-6,9,15H,3,7-8H2,1-2H3. The van der Waals surface area contributed by atoms with E-state index >= 15 is 0 Å². The molecule has 0 saturated carbocycles. The van der Waals surface area contributed by atoms with E-state index in [-0.39, 0.29) is 6.61 Å². The molecule has 2 aromatic rings. The Morgan fingerprint density at radius 2 is 2.29 bits per heavy atom. The maximum absolute atomic E-state index is 8.79. The van der Waals surface area contributed by atoms with Gasteiger partial charge in [0.05, 0.1) is 16.3 Å². The summed E-state index contributed by atoms with van der Waals surface area (Å²) in [5.41, 5.74) is 0.918. The first-order valence-electron chi connectivity index (χ1n) is 5.89. The van der Waals surface area contributed by atoms with Crippen molar-refractivity contribution < 1.29 is 9.84 Å². The molecule has 0 aliphatic rings. The van der Waals surface area contributed by atoms with Crippen molar-refractivity contribution in [1.29, 1.82) is 0 Å². The highest BCUT2D eigenvalue weighted by atomic mass is 32.1. The van der Waals surface area contributed by atoms with Gasteiger partial charge in [-0.05, 0) is 18.6 Å². The third-order valence-corrected chi connectivity index (χ3v) is 4.03. The van der Waals surface area contributed by atoms with Crippen molar-refractivity contribution in [3.8, 4) is 5.75 Å². The lowest BCUT2D eigenvalue weighted by molar-refractivity contribution is 0.202. The van der Waals surface area contributed by atoms with Crippen LogP contribution in [0.4, 0.5) is 0 Å². The normalized spacial score (nSPS) is 12.9. The van der Waals surface area contributed by atoms with E-state index in [1.807, 2.05) is 12.1 Å². The Hall–Kier alpha value is -1.13. The number of aromatic nitrogens is 1. The lowest BCUT2D eigenvalue weighted by Gasteiger charge is -2.04. The average Bonchev–Trinajstić information content (AvgIpc) is 2.79. The Bertz CT molecular complexity index is 495. The number of hydrogen-bond donors (Lipinski definition) is 1. The summed E-state index contributed by atoms with van der Waals surface area (Å²) in [7, 11) is 0. The second-order valence-corrected chi connectivity index (χ2v) is 5.10. The molecule has 0 bridgehead atoms. The second kappa shape index (κ2) is 5.47. The zero-order valence-corrected chi connectivity index (χ0v) is 11.0. The van der Waals surface area contributed by atoms with Gasteiger partial charge in [0.2, 0.25) is 0 Å². The van der Waals surface area contributed by atoms with Gasteiger partial charge in [0.1, 0.15) is 17.9 Å². The van der Waals surface area contributed by atoms with Gasteiger partial charge in [-0.1, -0.05) is 19.9 Å². The van der Waals surface area contributed by atoms with Crippen LogP contribution in [0.3, 0.4) is 0 Å². The number of aliphatic hydroxyl groups is 1. The average molecular weight is 251 g/mol. The summed E-state index contributed by atoms with van der Waals surface area (Å²) < 4.78 is 6.64. The SMILES string of the molecule is CCC(C)c1nc2c(OCCO)cccc2s1. The molecule has 3 nitrogen and oxygen atoms in total. The summed E-state index contributed by atoms with van der Waals surface area (Å²) in [4.78, 5) is 4.65. The Labute approximate surface area is 105 Å². The van der Waals surface area contributed by atoms with Crippen LogP contribution >= 0.6 is 11.3 Å². The van der Waals surface area contributed by atoms with Crippen molar-refractivity contribution in [2.45, 2.75) is 26.2 Å². The Balaban J connectivity index is 2.38. The van der Waals surface area contributed by atoms with Gasteiger partial charge in [-0.25, -0.2) is 4.98 Å². The molecule has 0 spiro atoms. The molecular formula is C13H17NO2S. The number of para-hydroxylation sites is 1. The fraction of sp³-hybridized carbons (Fsp3) is 0.462. The first kappa shape index (κ1) is 12.3. The quantitative estimate of drug-likeness (QED) is 0.887. The lowest BCUT2D eigenvalue weighted by atomic mass is 10.1. The molecular weight excluding hydrogens is 234 g/mol. The van der Waals surface area contributed by atoms with Crippen LogP contribution in [-0.2, 0) is 0 Å². The number of rotatable bonds is 5. The zero-order chi connectivity index (χ0) is 12.3. The van der Waals surface area contributed by atoms with E-state index in [0.29, 0.717) is 12.5 Å². The fourth-order valence-electron chi connectivity index (χ4n) is 1.60. The third kappa shape index (κ3) is 2.58. The summed E-state index contributed by atoms with van der Waals surface area (Å²) in [5.74, 6) is 1.25. The smallest absolute Gasteiger partial charge is 0.146 e. The highest BCUT2D eigenvalue weighted by molar-refractivity contribution is 7.18. The molecule has 17 heavy (non-hydrogen) atoms. The maximum atomic E-state index is 8.79. The molecule has 1 heterocycles. The molecule has 1 aromatic heterocycles. The van der Waals surface area contributed by atoms with Crippen LogP contribution in [0.5, 0.6) is 5.75 Å². The van der Waals surface area contributed by atoms with Gasteiger partial charge in [0, 0.05) is 5.92 Å². The molecule has 1 atom stereocenters. The molecule has 0 amide bonds. The van der Waals surface area contributed by atoms with E-state index in [2.05, 4.69) is 24.9 Å². The summed E-state index contributed by atoms with van der Waals surface area (Å²) in [6.45, 7) is 4.69. The number of hydrogen-bond acceptors (Lipinski definition) is 4.